The van der Waals surface area contributed by atoms with Gasteiger partial charge in [0.15, 0.2) is 0 Å². The molecule has 0 aliphatic rings. The first-order valence-electron chi connectivity index (χ1n) is 10.2. The van der Waals surface area contributed by atoms with Gasteiger partial charge in [0.2, 0.25) is 0 Å². The Kier molecular flexibility index (Phi) is 5.60. The smallest absolute Gasteiger partial charge is 0.267 e. The van der Waals surface area contributed by atoms with Gasteiger partial charge in [0.1, 0.15) is 17.1 Å². The number of aromatic hydroxyl groups is 1. The zero-order valence-electron chi connectivity index (χ0n) is 17.8. The number of ketones is 1. The van der Waals surface area contributed by atoms with Crippen LogP contribution in [0.25, 0.3) is 33.2 Å². The third kappa shape index (κ3) is 3.78. The summed E-state index contributed by atoms with van der Waals surface area (Å²) in [5.41, 5.74) is 3.35. The predicted molar refractivity (Wildman–Crippen MR) is 125 cm³/mol. The molecule has 0 spiro atoms. The van der Waals surface area contributed by atoms with Gasteiger partial charge in [0.05, 0.1) is 12.1 Å². The molecule has 160 valence electrons. The Morgan fingerprint density at radius 1 is 0.906 bits per heavy atom. The van der Waals surface area contributed by atoms with Crippen LogP contribution in [0.1, 0.15) is 17.3 Å². The summed E-state index contributed by atoms with van der Waals surface area (Å²) in [5, 5.41) is 13.7. The van der Waals surface area contributed by atoms with E-state index in [2.05, 4.69) is 5.32 Å². The fraction of sp³-hybridized carbons (Fsp3) is 0.115. The lowest BCUT2D eigenvalue weighted by atomic mass is 9.93. The average Bonchev–Trinajstić information content (AvgIpc) is 2.81. The first kappa shape index (κ1) is 21.1. The second-order valence-corrected chi connectivity index (χ2v) is 7.62. The van der Waals surface area contributed by atoms with E-state index in [-0.39, 0.29) is 17.9 Å². The van der Waals surface area contributed by atoms with E-state index in [0.29, 0.717) is 10.9 Å². The first-order chi connectivity index (χ1) is 15.4. The summed E-state index contributed by atoms with van der Waals surface area (Å²) in [5.74, 6) is -1.44. The van der Waals surface area contributed by atoms with Crippen LogP contribution in [0.5, 0.6) is 5.75 Å². The van der Waals surface area contributed by atoms with E-state index in [1.165, 1.54) is 11.5 Å². The highest BCUT2D eigenvalue weighted by Gasteiger charge is 2.22. The number of carbonyl (C=O) groups is 2. The summed E-state index contributed by atoms with van der Waals surface area (Å²) < 4.78 is 1.32. The number of amides is 1. The summed E-state index contributed by atoms with van der Waals surface area (Å²) in [6.07, 6.45) is 0. The highest BCUT2D eigenvalue weighted by molar-refractivity contribution is 6.04. The van der Waals surface area contributed by atoms with Gasteiger partial charge in [-0.1, -0.05) is 60.7 Å². The van der Waals surface area contributed by atoms with Crippen molar-refractivity contribution >= 4 is 22.6 Å². The van der Waals surface area contributed by atoms with E-state index in [9.17, 15) is 19.5 Å². The molecule has 0 fully saturated rings. The number of aromatic nitrogens is 1. The van der Waals surface area contributed by atoms with Gasteiger partial charge in [-0.3, -0.25) is 14.4 Å². The minimum absolute atomic E-state index is 0.218. The highest BCUT2D eigenvalue weighted by atomic mass is 16.3. The number of nitrogens with one attached hydrogen (secondary N) is 1. The molecule has 2 N–H and O–H groups in total. The Hall–Kier alpha value is -4.19. The van der Waals surface area contributed by atoms with Crippen LogP contribution < -0.4 is 10.9 Å². The third-order valence-electron chi connectivity index (χ3n) is 5.42. The summed E-state index contributed by atoms with van der Waals surface area (Å²) >= 11 is 0. The Balaban J connectivity index is 1.90. The third-order valence-corrected chi connectivity index (χ3v) is 5.42. The van der Waals surface area contributed by atoms with E-state index in [4.69, 9.17) is 0 Å². The molecule has 32 heavy (non-hydrogen) atoms. The van der Waals surface area contributed by atoms with Gasteiger partial charge in [-0.05, 0) is 41.3 Å². The Labute approximate surface area is 184 Å². The van der Waals surface area contributed by atoms with E-state index in [0.717, 1.165) is 22.3 Å². The molecule has 3 aromatic carbocycles. The zero-order chi connectivity index (χ0) is 22.8. The largest absolute Gasteiger partial charge is 0.506 e. The number of Topliss-reactive ketones (excluding diaryl/α,β-unsaturated/α-hetero) is 1. The number of rotatable bonds is 5. The quantitative estimate of drug-likeness (QED) is 0.507. The Morgan fingerprint density at radius 3 is 2.19 bits per heavy atom. The lowest BCUT2D eigenvalue weighted by molar-refractivity contribution is -0.116. The van der Waals surface area contributed by atoms with Crippen molar-refractivity contribution in [2.75, 3.05) is 6.54 Å². The number of aryl methyl sites for hydroxylation is 1. The van der Waals surface area contributed by atoms with Gasteiger partial charge in [-0.25, -0.2) is 0 Å². The number of carbonyl (C=O) groups excluding carboxylic acids is 2. The molecule has 4 rings (SSSR count). The van der Waals surface area contributed by atoms with Crippen molar-refractivity contribution in [3.63, 3.8) is 0 Å². The Morgan fingerprint density at radius 2 is 1.53 bits per heavy atom. The second kappa shape index (κ2) is 8.51. The summed E-state index contributed by atoms with van der Waals surface area (Å²) in [4.78, 5) is 36.5. The number of nitrogens with zero attached hydrogens (tertiary/aromatic N) is 1. The first-order valence-corrected chi connectivity index (χ1v) is 10.2. The molecule has 1 heterocycles. The maximum Gasteiger partial charge on any atom is 0.267 e. The number of fused-ring (bicyclic) bond motifs is 1. The van der Waals surface area contributed by atoms with E-state index in [1.54, 1.807) is 19.2 Å². The maximum absolute atomic E-state index is 12.7. The molecule has 0 unspecified atom stereocenters. The van der Waals surface area contributed by atoms with Crippen molar-refractivity contribution in [1.82, 2.24) is 9.88 Å². The molecule has 0 bridgehead atoms. The minimum atomic E-state index is -0.782. The molecule has 4 aromatic rings. The standard InChI is InChI=1S/C26H22N2O4/c1-16(29)15-27-25(31)23-24(30)21-14-18(12-13-22(21)28(2)26(23)32)20-11-7-6-10-19(20)17-8-4-3-5-9-17/h3-14,30H,15H2,1-2H3,(H,27,31). The van der Waals surface area contributed by atoms with Gasteiger partial charge in [-0.2, -0.15) is 0 Å². The molecule has 1 aromatic heterocycles. The molecule has 6 heteroatoms. The van der Waals surface area contributed by atoms with Gasteiger partial charge < -0.3 is 15.0 Å². The normalized spacial score (nSPS) is 10.8. The van der Waals surface area contributed by atoms with Crippen molar-refractivity contribution < 1.29 is 14.7 Å². The summed E-state index contributed by atoms with van der Waals surface area (Å²) in [7, 11) is 1.55. The molecule has 1 amide bonds. The maximum atomic E-state index is 12.7. The van der Waals surface area contributed by atoms with Crippen LogP contribution in [-0.2, 0) is 11.8 Å². The van der Waals surface area contributed by atoms with Crippen LogP contribution in [0.4, 0.5) is 0 Å². The number of pyridine rings is 1. The van der Waals surface area contributed by atoms with Crippen LogP contribution >= 0.6 is 0 Å². The SMILES string of the molecule is CC(=O)CNC(=O)c1c(O)c2cc(-c3ccccc3-c3ccccc3)ccc2n(C)c1=O. The molecule has 0 saturated heterocycles. The van der Waals surface area contributed by atoms with E-state index in [1.807, 2.05) is 60.7 Å². The van der Waals surface area contributed by atoms with Gasteiger partial charge in [-0.15, -0.1) is 0 Å². The van der Waals surface area contributed by atoms with Crippen LogP contribution in [0, 0.1) is 0 Å². The molecular weight excluding hydrogens is 404 g/mol. The fourth-order valence-corrected chi connectivity index (χ4v) is 3.80. The predicted octanol–water partition coefficient (Wildman–Crippen LogP) is 3.90. The van der Waals surface area contributed by atoms with Crippen LogP contribution in [0.15, 0.2) is 77.6 Å². The molecule has 0 radical (unpaired) electrons. The van der Waals surface area contributed by atoms with Crippen molar-refractivity contribution in [1.29, 1.82) is 0 Å². The van der Waals surface area contributed by atoms with E-state index < -0.39 is 17.2 Å². The highest BCUT2D eigenvalue weighted by Crippen LogP contribution is 2.35. The number of benzene rings is 3. The monoisotopic (exact) mass is 426 g/mol. The fourth-order valence-electron chi connectivity index (χ4n) is 3.80. The number of hydrogen-bond acceptors (Lipinski definition) is 4. The van der Waals surface area contributed by atoms with Crippen LogP contribution in [-0.4, -0.2) is 27.9 Å². The summed E-state index contributed by atoms with van der Waals surface area (Å²) in [6, 6.07) is 23.3. The lowest BCUT2D eigenvalue weighted by Crippen LogP contribution is -2.34. The molecule has 0 atom stereocenters. The second-order valence-electron chi connectivity index (χ2n) is 7.62. The van der Waals surface area contributed by atoms with Gasteiger partial charge >= 0.3 is 0 Å². The topological polar surface area (TPSA) is 88.4 Å². The van der Waals surface area contributed by atoms with Crippen molar-refractivity contribution in [3.05, 3.63) is 88.7 Å². The van der Waals surface area contributed by atoms with Crippen molar-refractivity contribution in [2.24, 2.45) is 7.05 Å². The van der Waals surface area contributed by atoms with Gasteiger partial charge in [0.25, 0.3) is 11.5 Å². The zero-order valence-corrected chi connectivity index (χ0v) is 17.8. The molecular formula is C26H22N2O4. The molecule has 6 nitrogen and oxygen atoms in total. The average molecular weight is 426 g/mol. The van der Waals surface area contributed by atoms with Crippen LogP contribution in [0.2, 0.25) is 0 Å². The molecule has 0 saturated carbocycles. The number of hydrogen-bond donors (Lipinski definition) is 2. The Bertz CT molecular complexity index is 1410. The van der Waals surface area contributed by atoms with Gasteiger partial charge in [0, 0.05) is 12.4 Å². The lowest BCUT2D eigenvalue weighted by Gasteiger charge is -2.14. The van der Waals surface area contributed by atoms with Crippen molar-refractivity contribution in [2.45, 2.75) is 6.92 Å². The molecule has 0 aliphatic heterocycles. The van der Waals surface area contributed by atoms with Crippen molar-refractivity contribution in [3.8, 4) is 28.0 Å². The molecule has 0 aliphatic carbocycles. The summed E-state index contributed by atoms with van der Waals surface area (Å²) in [6.45, 7) is 1.11. The minimum Gasteiger partial charge on any atom is -0.506 e. The van der Waals surface area contributed by atoms with E-state index >= 15 is 0 Å². The van der Waals surface area contributed by atoms with Crippen LogP contribution in [0.3, 0.4) is 0 Å².